The van der Waals surface area contributed by atoms with Crippen LogP contribution >= 0.6 is 0 Å². The second kappa shape index (κ2) is 6.72. The number of likely N-dealkylation sites (tertiary alicyclic amines) is 1. The molecule has 4 amide bonds. The van der Waals surface area contributed by atoms with E-state index in [0.717, 1.165) is 12.8 Å². The first-order chi connectivity index (χ1) is 13.0. The average Bonchev–Trinajstić information content (AvgIpc) is 2.96. The van der Waals surface area contributed by atoms with Gasteiger partial charge in [0.05, 0.1) is 18.9 Å². The van der Waals surface area contributed by atoms with Crippen molar-refractivity contribution in [3.05, 3.63) is 36.4 Å². The summed E-state index contributed by atoms with van der Waals surface area (Å²) in [7, 11) is 1.57. The Labute approximate surface area is 157 Å². The Morgan fingerprint density at radius 1 is 1.07 bits per heavy atom. The maximum atomic E-state index is 12.9. The molecule has 2 fully saturated rings. The van der Waals surface area contributed by atoms with Crippen LogP contribution in [0.4, 0.5) is 10.5 Å². The maximum absolute atomic E-state index is 12.9. The third-order valence-electron chi connectivity index (χ3n) is 5.87. The standard InChI is InChI=1S/C20H23N3O4/c1-11(21-20(26)22-14-7-9-15(27-2)10-8-14)23-18(24)16-12-3-4-13(6-5-12)17(16)19(23)25/h3-4,7-13,16-17H,5-6H2,1-2H3,(H2,21,22,26)/t11-,12-,13-,16+,17+/m0/s1. The Bertz CT molecular complexity index is 772. The number of rotatable bonds is 4. The lowest BCUT2D eigenvalue weighted by atomic mass is 9.63. The van der Waals surface area contributed by atoms with E-state index in [1.807, 2.05) is 0 Å². The number of nitrogens with one attached hydrogen (secondary N) is 2. The molecule has 0 radical (unpaired) electrons. The fraction of sp³-hybridized carbons (Fsp3) is 0.450. The fourth-order valence-electron chi connectivity index (χ4n) is 4.57. The van der Waals surface area contributed by atoms with Gasteiger partial charge in [0.2, 0.25) is 11.8 Å². The first-order valence-electron chi connectivity index (χ1n) is 9.26. The SMILES string of the molecule is COc1ccc(NC(=O)N[C@H](C)N2C(=O)[C@H]3[C@H](C2=O)[C@H]2C=C[C@H]3CC2)cc1. The van der Waals surface area contributed by atoms with Gasteiger partial charge in [-0.1, -0.05) is 12.2 Å². The van der Waals surface area contributed by atoms with Gasteiger partial charge in [0, 0.05) is 5.69 Å². The van der Waals surface area contributed by atoms with Gasteiger partial charge < -0.3 is 15.4 Å². The van der Waals surface area contributed by atoms with Crippen molar-refractivity contribution in [1.29, 1.82) is 0 Å². The third-order valence-corrected chi connectivity index (χ3v) is 5.87. The first kappa shape index (κ1) is 17.6. The summed E-state index contributed by atoms with van der Waals surface area (Å²) < 4.78 is 5.08. The minimum Gasteiger partial charge on any atom is -0.497 e. The molecule has 1 heterocycles. The molecule has 142 valence electrons. The van der Waals surface area contributed by atoms with Crippen LogP contribution in [0.15, 0.2) is 36.4 Å². The summed E-state index contributed by atoms with van der Waals surface area (Å²) in [5, 5.41) is 5.40. The molecule has 2 bridgehead atoms. The van der Waals surface area contributed by atoms with Crippen LogP contribution in [-0.4, -0.2) is 36.0 Å². The topological polar surface area (TPSA) is 87.7 Å². The number of ether oxygens (including phenoxy) is 1. The number of anilines is 1. The molecule has 0 aromatic heterocycles. The number of benzene rings is 1. The lowest BCUT2D eigenvalue weighted by Gasteiger charge is -2.38. The van der Waals surface area contributed by atoms with E-state index in [0.29, 0.717) is 11.4 Å². The highest BCUT2D eigenvalue weighted by atomic mass is 16.5. The predicted octanol–water partition coefficient (Wildman–Crippen LogP) is 2.36. The highest BCUT2D eigenvalue weighted by Gasteiger charge is 2.57. The van der Waals surface area contributed by atoms with Crippen LogP contribution < -0.4 is 15.4 Å². The molecule has 2 N–H and O–H groups in total. The minimum atomic E-state index is -0.701. The first-order valence-corrected chi connectivity index (χ1v) is 9.26. The van der Waals surface area contributed by atoms with Crippen molar-refractivity contribution in [2.24, 2.45) is 23.7 Å². The summed E-state index contributed by atoms with van der Waals surface area (Å²) in [5.74, 6) is 0.102. The maximum Gasteiger partial charge on any atom is 0.320 e. The molecule has 1 aromatic carbocycles. The van der Waals surface area contributed by atoms with E-state index in [2.05, 4.69) is 22.8 Å². The second-order valence-corrected chi connectivity index (χ2v) is 7.39. The normalized spacial score (nSPS) is 29.5. The number of imide groups is 1. The lowest BCUT2D eigenvalue weighted by molar-refractivity contribution is -0.142. The Kier molecular flexibility index (Phi) is 4.37. The van der Waals surface area contributed by atoms with E-state index >= 15 is 0 Å². The van der Waals surface area contributed by atoms with Crippen molar-refractivity contribution in [3.63, 3.8) is 0 Å². The molecule has 1 saturated carbocycles. The van der Waals surface area contributed by atoms with E-state index in [-0.39, 0.29) is 35.5 Å². The zero-order valence-electron chi connectivity index (χ0n) is 15.3. The highest BCUT2D eigenvalue weighted by molar-refractivity contribution is 6.06. The summed E-state index contributed by atoms with van der Waals surface area (Å²) in [6, 6.07) is 6.43. The molecule has 1 aliphatic heterocycles. The van der Waals surface area contributed by atoms with Crippen molar-refractivity contribution in [1.82, 2.24) is 10.2 Å². The summed E-state index contributed by atoms with van der Waals surface area (Å²) in [5.41, 5.74) is 0.593. The van der Waals surface area contributed by atoms with Crippen LogP contribution in [-0.2, 0) is 9.59 Å². The minimum absolute atomic E-state index is 0.141. The molecule has 1 aromatic rings. The summed E-state index contributed by atoms with van der Waals surface area (Å²) in [6.45, 7) is 1.66. The molecule has 4 aliphatic rings. The van der Waals surface area contributed by atoms with E-state index in [9.17, 15) is 14.4 Å². The molecule has 5 atom stereocenters. The Morgan fingerprint density at radius 3 is 2.11 bits per heavy atom. The van der Waals surface area contributed by atoms with E-state index < -0.39 is 12.2 Å². The van der Waals surface area contributed by atoms with Gasteiger partial charge in [-0.05, 0) is 55.9 Å². The quantitative estimate of drug-likeness (QED) is 0.630. The van der Waals surface area contributed by atoms with Crippen LogP contribution in [0, 0.1) is 23.7 Å². The number of carbonyl (C=O) groups is 3. The van der Waals surface area contributed by atoms with Gasteiger partial charge in [-0.3, -0.25) is 14.5 Å². The number of amides is 4. The van der Waals surface area contributed by atoms with Gasteiger partial charge in [-0.25, -0.2) is 4.79 Å². The largest absolute Gasteiger partial charge is 0.497 e. The number of hydrogen-bond acceptors (Lipinski definition) is 4. The molecule has 1 saturated heterocycles. The highest BCUT2D eigenvalue weighted by Crippen LogP contribution is 2.49. The molecule has 0 spiro atoms. The average molecular weight is 369 g/mol. The molecular formula is C20H23N3O4. The molecule has 3 aliphatic carbocycles. The number of nitrogens with zero attached hydrogens (tertiary/aromatic N) is 1. The lowest BCUT2D eigenvalue weighted by Crippen LogP contribution is -2.50. The van der Waals surface area contributed by atoms with E-state index in [1.165, 1.54) is 4.90 Å². The molecule has 7 nitrogen and oxygen atoms in total. The number of allylic oxidation sites excluding steroid dienone is 2. The van der Waals surface area contributed by atoms with Gasteiger partial charge >= 0.3 is 6.03 Å². The smallest absolute Gasteiger partial charge is 0.320 e. The van der Waals surface area contributed by atoms with Crippen molar-refractivity contribution >= 4 is 23.5 Å². The molecule has 7 heteroatoms. The van der Waals surface area contributed by atoms with Crippen LogP contribution in [0.1, 0.15) is 19.8 Å². The molecular weight excluding hydrogens is 346 g/mol. The summed E-state index contributed by atoms with van der Waals surface area (Å²) in [6.07, 6.45) is 5.37. The Morgan fingerprint density at radius 2 is 1.63 bits per heavy atom. The number of urea groups is 1. The second-order valence-electron chi connectivity index (χ2n) is 7.39. The van der Waals surface area contributed by atoms with Crippen molar-refractivity contribution < 1.29 is 19.1 Å². The van der Waals surface area contributed by atoms with Crippen LogP contribution in [0.5, 0.6) is 5.75 Å². The van der Waals surface area contributed by atoms with Gasteiger partial charge in [0.1, 0.15) is 11.9 Å². The van der Waals surface area contributed by atoms with E-state index in [4.69, 9.17) is 4.74 Å². The van der Waals surface area contributed by atoms with Crippen molar-refractivity contribution in [2.45, 2.75) is 25.9 Å². The van der Waals surface area contributed by atoms with Gasteiger partial charge in [0.15, 0.2) is 0 Å². The van der Waals surface area contributed by atoms with Crippen molar-refractivity contribution in [3.8, 4) is 5.75 Å². The zero-order valence-corrected chi connectivity index (χ0v) is 15.3. The van der Waals surface area contributed by atoms with Crippen LogP contribution in [0.2, 0.25) is 0 Å². The zero-order chi connectivity index (χ0) is 19.1. The van der Waals surface area contributed by atoms with E-state index in [1.54, 1.807) is 38.3 Å². The number of carbonyl (C=O) groups excluding carboxylic acids is 3. The third kappa shape index (κ3) is 2.97. The number of hydrogen-bond donors (Lipinski definition) is 2. The molecule has 5 rings (SSSR count). The molecule has 27 heavy (non-hydrogen) atoms. The predicted molar refractivity (Wildman–Crippen MR) is 98.8 cm³/mol. The van der Waals surface area contributed by atoms with Crippen LogP contribution in [0.25, 0.3) is 0 Å². The van der Waals surface area contributed by atoms with Crippen LogP contribution in [0.3, 0.4) is 0 Å². The Hall–Kier alpha value is -2.83. The Balaban J connectivity index is 1.42. The van der Waals surface area contributed by atoms with Crippen molar-refractivity contribution in [2.75, 3.05) is 12.4 Å². The fourth-order valence-corrected chi connectivity index (χ4v) is 4.57. The summed E-state index contributed by atoms with van der Waals surface area (Å²) in [4.78, 5) is 39.3. The van der Waals surface area contributed by atoms with Gasteiger partial charge in [-0.15, -0.1) is 0 Å². The monoisotopic (exact) mass is 369 g/mol. The van der Waals surface area contributed by atoms with Gasteiger partial charge in [0.25, 0.3) is 0 Å². The number of fused-ring (bicyclic) bond motifs is 1. The van der Waals surface area contributed by atoms with Gasteiger partial charge in [-0.2, -0.15) is 0 Å². The number of methoxy groups -OCH3 is 1. The molecule has 0 unspecified atom stereocenters. The summed E-state index contributed by atoms with van der Waals surface area (Å²) >= 11 is 0.